The molecule has 20 heavy (non-hydrogen) atoms. The minimum absolute atomic E-state index is 0.0602. The van der Waals surface area contributed by atoms with Gasteiger partial charge in [0, 0.05) is 12.1 Å². The summed E-state index contributed by atoms with van der Waals surface area (Å²) in [6.45, 7) is 1.87. The minimum Gasteiger partial charge on any atom is -0.369 e. The average molecular weight is 277 g/mol. The number of aromatic nitrogens is 2. The molecule has 0 radical (unpaired) electrons. The van der Waals surface area contributed by atoms with Crippen LogP contribution >= 0.6 is 0 Å². The van der Waals surface area contributed by atoms with Crippen LogP contribution in [0, 0.1) is 24.4 Å². The molecule has 0 saturated carbocycles. The van der Waals surface area contributed by atoms with Crippen molar-refractivity contribution in [3.05, 3.63) is 53.3 Å². The van der Waals surface area contributed by atoms with E-state index in [1.807, 2.05) is 6.92 Å². The molecule has 1 aromatic heterocycles. The summed E-state index contributed by atoms with van der Waals surface area (Å²) in [5, 5.41) is 0. The Hall–Kier alpha value is -2.50. The third-order valence-electron chi connectivity index (χ3n) is 3.04. The summed E-state index contributed by atoms with van der Waals surface area (Å²) < 4.78 is 41.9. The summed E-state index contributed by atoms with van der Waals surface area (Å²) in [6, 6.07) is 6.41. The van der Waals surface area contributed by atoms with Gasteiger partial charge in [0.25, 0.3) is 0 Å². The van der Waals surface area contributed by atoms with Gasteiger partial charge in [0.15, 0.2) is 11.6 Å². The van der Waals surface area contributed by atoms with E-state index >= 15 is 0 Å². The Balaban J connectivity index is 2.38. The van der Waals surface area contributed by atoms with Gasteiger partial charge in [-0.1, -0.05) is 6.07 Å². The maximum Gasteiger partial charge on any atom is 0.206 e. The van der Waals surface area contributed by atoms with Crippen LogP contribution in [0.15, 0.2) is 30.3 Å². The van der Waals surface area contributed by atoms with Crippen molar-refractivity contribution in [1.29, 1.82) is 0 Å². The number of anilines is 1. The SMILES string of the molecule is Cc1ccc2c(c1)nc(N)n2-c1c(F)cc(F)cc1F. The second-order valence-electron chi connectivity index (χ2n) is 4.52. The van der Waals surface area contributed by atoms with Crippen LogP contribution in [0.2, 0.25) is 0 Å². The van der Waals surface area contributed by atoms with E-state index in [-0.39, 0.29) is 5.95 Å². The summed E-state index contributed by atoms with van der Waals surface area (Å²) in [4.78, 5) is 4.07. The number of fused-ring (bicyclic) bond motifs is 1. The molecule has 6 heteroatoms. The van der Waals surface area contributed by atoms with E-state index in [0.717, 1.165) is 10.1 Å². The normalized spacial score (nSPS) is 11.2. The number of hydrogen-bond acceptors (Lipinski definition) is 2. The first-order chi connectivity index (χ1) is 9.47. The lowest BCUT2D eigenvalue weighted by Gasteiger charge is -2.09. The molecule has 0 aliphatic heterocycles. The number of nitrogen functional groups attached to an aromatic ring is 1. The van der Waals surface area contributed by atoms with Crippen molar-refractivity contribution >= 4 is 17.0 Å². The highest BCUT2D eigenvalue weighted by Crippen LogP contribution is 2.27. The van der Waals surface area contributed by atoms with Crippen LogP contribution < -0.4 is 5.73 Å². The van der Waals surface area contributed by atoms with Gasteiger partial charge in [-0.2, -0.15) is 0 Å². The summed E-state index contributed by atoms with van der Waals surface area (Å²) in [6.07, 6.45) is 0. The van der Waals surface area contributed by atoms with E-state index in [1.54, 1.807) is 18.2 Å². The molecule has 0 bridgehead atoms. The third-order valence-corrected chi connectivity index (χ3v) is 3.04. The van der Waals surface area contributed by atoms with E-state index < -0.39 is 23.1 Å². The summed E-state index contributed by atoms with van der Waals surface area (Å²) in [5.41, 5.74) is 7.22. The highest BCUT2D eigenvalue weighted by molar-refractivity contribution is 5.81. The quantitative estimate of drug-likeness (QED) is 0.741. The van der Waals surface area contributed by atoms with Crippen molar-refractivity contribution in [2.24, 2.45) is 0 Å². The highest BCUT2D eigenvalue weighted by Gasteiger charge is 2.18. The molecule has 2 N–H and O–H groups in total. The number of hydrogen-bond donors (Lipinski definition) is 1. The van der Waals surface area contributed by atoms with Gasteiger partial charge < -0.3 is 5.73 Å². The number of rotatable bonds is 1. The molecule has 0 aliphatic rings. The maximum absolute atomic E-state index is 13.9. The lowest BCUT2D eigenvalue weighted by molar-refractivity contribution is 0.536. The third kappa shape index (κ3) is 1.80. The van der Waals surface area contributed by atoms with E-state index in [2.05, 4.69) is 4.98 Å². The molecule has 0 unspecified atom stereocenters. The van der Waals surface area contributed by atoms with Gasteiger partial charge in [-0.05, 0) is 24.6 Å². The number of nitrogens with zero attached hydrogens (tertiary/aromatic N) is 2. The first-order valence-corrected chi connectivity index (χ1v) is 5.87. The predicted octanol–water partition coefficient (Wildman–Crippen LogP) is 3.33. The van der Waals surface area contributed by atoms with Crippen LogP contribution in [0.5, 0.6) is 0 Å². The van der Waals surface area contributed by atoms with Crippen LogP contribution in [0.3, 0.4) is 0 Å². The van der Waals surface area contributed by atoms with E-state index in [0.29, 0.717) is 23.2 Å². The monoisotopic (exact) mass is 277 g/mol. The van der Waals surface area contributed by atoms with Gasteiger partial charge in [0.05, 0.1) is 11.0 Å². The molecule has 0 amide bonds. The average Bonchev–Trinajstić information content (AvgIpc) is 2.64. The van der Waals surface area contributed by atoms with Crippen molar-refractivity contribution in [3.63, 3.8) is 0 Å². The highest BCUT2D eigenvalue weighted by atomic mass is 19.1. The van der Waals surface area contributed by atoms with Crippen molar-refractivity contribution in [2.75, 3.05) is 5.73 Å². The molecule has 0 spiro atoms. The van der Waals surface area contributed by atoms with Gasteiger partial charge >= 0.3 is 0 Å². The van der Waals surface area contributed by atoms with Crippen LogP contribution in [0.25, 0.3) is 16.7 Å². The van der Waals surface area contributed by atoms with E-state index in [4.69, 9.17) is 5.73 Å². The lowest BCUT2D eigenvalue weighted by atomic mass is 10.2. The zero-order valence-electron chi connectivity index (χ0n) is 10.5. The lowest BCUT2D eigenvalue weighted by Crippen LogP contribution is -2.06. The van der Waals surface area contributed by atoms with E-state index in [9.17, 15) is 13.2 Å². The summed E-state index contributed by atoms with van der Waals surface area (Å²) in [7, 11) is 0. The van der Waals surface area contributed by atoms with Crippen molar-refractivity contribution in [2.45, 2.75) is 6.92 Å². The number of imidazole rings is 1. The standard InChI is InChI=1S/C14H10F3N3/c1-7-2-3-12-11(4-7)19-14(18)20(12)13-9(16)5-8(15)6-10(13)17/h2-6H,1H3,(H2,18,19). The van der Waals surface area contributed by atoms with Gasteiger partial charge in [-0.3, -0.25) is 4.57 Å². The second-order valence-corrected chi connectivity index (χ2v) is 4.52. The fraction of sp³-hybridized carbons (Fsp3) is 0.0714. The number of halogens is 3. The number of benzene rings is 2. The molecule has 2 aromatic carbocycles. The Labute approximate surface area is 112 Å². The molecule has 102 valence electrons. The minimum atomic E-state index is -1.03. The molecule has 0 atom stereocenters. The molecule has 0 aliphatic carbocycles. The first-order valence-electron chi connectivity index (χ1n) is 5.87. The maximum atomic E-state index is 13.9. The fourth-order valence-electron chi connectivity index (χ4n) is 2.19. The molecule has 3 rings (SSSR count). The Morgan fingerprint density at radius 3 is 2.35 bits per heavy atom. The number of aryl methyl sites for hydroxylation is 1. The first kappa shape index (κ1) is 12.5. The van der Waals surface area contributed by atoms with Crippen molar-refractivity contribution < 1.29 is 13.2 Å². The molecular weight excluding hydrogens is 267 g/mol. The summed E-state index contributed by atoms with van der Waals surface area (Å²) in [5.74, 6) is -3.11. The molecule has 0 saturated heterocycles. The summed E-state index contributed by atoms with van der Waals surface area (Å²) >= 11 is 0. The topological polar surface area (TPSA) is 43.8 Å². The fourth-order valence-corrected chi connectivity index (χ4v) is 2.19. The Kier molecular flexibility index (Phi) is 2.67. The van der Waals surface area contributed by atoms with Crippen LogP contribution in [-0.2, 0) is 0 Å². The predicted molar refractivity (Wildman–Crippen MR) is 70.1 cm³/mol. The van der Waals surface area contributed by atoms with Crippen molar-refractivity contribution in [1.82, 2.24) is 9.55 Å². The Bertz CT molecular complexity index is 801. The number of nitrogens with two attached hydrogens (primary N) is 1. The second kappa shape index (κ2) is 4.26. The van der Waals surface area contributed by atoms with Crippen molar-refractivity contribution in [3.8, 4) is 5.69 Å². The largest absolute Gasteiger partial charge is 0.369 e. The zero-order chi connectivity index (χ0) is 14.4. The smallest absolute Gasteiger partial charge is 0.206 e. The van der Waals surface area contributed by atoms with Gasteiger partial charge in [0.2, 0.25) is 5.95 Å². The van der Waals surface area contributed by atoms with Crippen LogP contribution in [-0.4, -0.2) is 9.55 Å². The molecule has 1 heterocycles. The molecule has 3 nitrogen and oxygen atoms in total. The van der Waals surface area contributed by atoms with Gasteiger partial charge in [0.1, 0.15) is 11.5 Å². The van der Waals surface area contributed by atoms with Gasteiger partial charge in [-0.15, -0.1) is 0 Å². The zero-order valence-corrected chi connectivity index (χ0v) is 10.5. The molecular formula is C14H10F3N3. The van der Waals surface area contributed by atoms with Crippen LogP contribution in [0.1, 0.15) is 5.56 Å². The van der Waals surface area contributed by atoms with E-state index in [1.165, 1.54) is 0 Å². The Morgan fingerprint density at radius 2 is 1.70 bits per heavy atom. The Morgan fingerprint density at radius 1 is 1.05 bits per heavy atom. The molecule has 3 aromatic rings. The van der Waals surface area contributed by atoms with Crippen LogP contribution in [0.4, 0.5) is 19.1 Å². The van der Waals surface area contributed by atoms with Gasteiger partial charge in [-0.25, -0.2) is 18.2 Å². The molecule has 0 fully saturated rings.